The van der Waals surface area contributed by atoms with Crippen molar-refractivity contribution in [3.63, 3.8) is 0 Å². The van der Waals surface area contributed by atoms with Crippen LogP contribution in [-0.2, 0) is 0 Å². The van der Waals surface area contributed by atoms with Gasteiger partial charge in [-0.05, 0) is 36.4 Å². The number of hydrogen-bond donors (Lipinski definition) is 1. The van der Waals surface area contributed by atoms with Crippen LogP contribution < -0.4 is 10.1 Å². The van der Waals surface area contributed by atoms with Crippen molar-refractivity contribution >= 4 is 28.2 Å². The zero-order valence-corrected chi connectivity index (χ0v) is 12.2. The monoisotopic (exact) mass is 298 g/mol. The predicted octanol–water partition coefficient (Wildman–Crippen LogP) is 4.38. The van der Waals surface area contributed by atoms with Gasteiger partial charge < -0.3 is 10.1 Å². The van der Waals surface area contributed by atoms with Gasteiger partial charge in [-0.25, -0.2) is 0 Å². The van der Waals surface area contributed by atoms with Crippen LogP contribution in [0.1, 0.15) is 0 Å². The topological polar surface area (TPSA) is 34.1 Å². The largest absolute Gasteiger partial charge is 0.492 e. The number of rotatable bonds is 5. The van der Waals surface area contributed by atoms with E-state index in [-0.39, 0.29) is 0 Å². The molecule has 0 aliphatic rings. The van der Waals surface area contributed by atoms with E-state index in [9.17, 15) is 0 Å². The number of benzene rings is 2. The summed E-state index contributed by atoms with van der Waals surface area (Å²) in [7, 11) is 0. The predicted molar refractivity (Wildman–Crippen MR) is 87.2 cm³/mol. The summed E-state index contributed by atoms with van der Waals surface area (Å²) in [5.74, 6) is 0.828. The molecule has 3 aromatic rings. The lowest BCUT2D eigenvalue weighted by Gasteiger charge is -2.09. The molecule has 2 aromatic carbocycles. The molecule has 0 saturated heterocycles. The van der Waals surface area contributed by atoms with Crippen LogP contribution in [0.3, 0.4) is 0 Å². The molecular formula is C17H15ClN2O. The summed E-state index contributed by atoms with van der Waals surface area (Å²) in [4.78, 5) is 4.32. The zero-order valence-electron chi connectivity index (χ0n) is 11.4. The Bertz CT molecular complexity index is 745. The molecule has 0 fully saturated rings. The SMILES string of the molecule is Clc1cccc(NCCOc2ccc3cccnc3c2)c1. The number of nitrogens with one attached hydrogen (secondary N) is 1. The van der Waals surface area contributed by atoms with E-state index in [4.69, 9.17) is 16.3 Å². The van der Waals surface area contributed by atoms with Crippen molar-refractivity contribution in [2.45, 2.75) is 0 Å². The Morgan fingerprint density at radius 3 is 2.90 bits per heavy atom. The maximum absolute atomic E-state index is 5.93. The summed E-state index contributed by atoms with van der Waals surface area (Å²) in [6.45, 7) is 1.28. The number of anilines is 1. The second-order valence-electron chi connectivity index (χ2n) is 4.64. The molecule has 1 heterocycles. The summed E-state index contributed by atoms with van der Waals surface area (Å²) in [5.41, 5.74) is 1.93. The van der Waals surface area contributed by atoms with Gasteiger partial charge in [-0.2, -0.15) is 0 Å². The number of fused-ring (bicyclic) bond motifs is 1. The first kappa shape index (κ1) is 13.7. The molecule has 21 heavy (non-hydrogen) atoms. The van der Waals surface area contributed by atoms with Gasteiger partial charge in [0.25, 0.3) is 0 Å². The Hall–Kier alpha value is -2.26. The van der Waals surface area contributed by atoms with Crippen LogP contribution in [0.5, 0.6) is 5.75 Å². The van der Waals surface area contributed by atoms with E-state index in [0.29, 0.717) is 13.2 Å². The van der Waals surface area contributed by atoms with Crippen LogP contribution in [-0.4, -0.2) is 18.1 Å². The number of aromatic nitrogens is 1. The molecule has 0 spiro atoms. The highest BCUT2D eigenvalue weighted by Crippen LogP contribution is 2.19. The third-order valence-electron chi connectivity index (χ3n) is 3.10. The number of pyridine rings is 1. The van der Waals surface area contributed by atoms with Gasteiger partial charge in [0.05, 0.1) is 5.52 Å². The highest BCUT2D eigenvalue weighted by molar-refractivity contribution is 6.30. The van der Waals surface area contributed by atoms with Gasteiger partial charge in [0.15, 0.2) is 0 Å². The lowest BCUT2D eigenvalue weighted by atomic mass is 10.2. The Balaban J connectivity index is 1.54. The highest BCUT2D eigenvalue weighted by atomic mass is 35.5. The van der Waals surface area contributed by atoms with Crippen LogP contribution >= 0.6 is 11.6 Å². The third kappa shape index (κ3) is 3.64. The van der Waals surface area contributed by atoms with E-state index in [1.165, 1.54) is 0 Å². The van der Waals surface area contributed by atoms with Crippen molar-refractivity contribution < 1.29 is 4.74 Å². The number of nitrogens with zero attached hydrogens (tertiary/aromatic N) is 1. The molecule has 1 aromatic heterocycles. The summed E-state index contributed by atoms with van der Waals surface area (Å²) in [6, 6.07) is 17.5. The molecule has 0 saturated carbocycles. The fourth-order valence-electron chi connectivity index (χ4n) is 2.10. The van der Waals surface area contributed by atoms with Gasteiger partial charge in [-0.3, -0.25) is 4.98 Å². The van der Waals surface area contributed by atoms with Crippen LogP contribution in [0, 0.1) is 0 Å². The standard InChI is InChI=1S/C17H15ClN2O/c18-14-4-1-5-15(11-14)19-9-10-21-16-7-6-13-3-2-8-20-17(13)12-16/h1-8,11-12,19H,9-10H2. The van der Waals surface area contributed by atoms with Crippen LogP contribution in [0.15, 0.2) is 60.8 Å². The molecule has 0 bridgehead atoms. The van der Waals surface area contributed by atoms with Crippen molar-refractivity contribution in [1.29, 1.82) is 0 Å². The molecule has 3 rings (SSSR count). The lowest BCUT2D eigenvalue weighted by molar-refractivity contribution is 0.333. The zero-order chi connectivity index (χ0) is 14.5. The first-order chi connectivity index (χ1) is 10.3. The van der Waals surface area contributed by atoms with E-state index in [0.717, 1.165) is 27.4 Å². The lowest BCUT2D eigenvalue weighted by Crippen LogP contribution is -2.11. The van der Waals surface area contributed by atoms with Crippen molar-refractivity contribution in [3.05, 3.63) is 65.8 Å². The molecule has 0 aliphatic heterocycles. The molecule has 0 radical (unpaired) electrons. The Morgan fingerprint density at radius 2 is 2.00 bits per heavy atom. The number of hydrogen-bond acceptors (Lipinski definition) is 3. The van der Waals surface area contributed by atoms with E-state index in [2.05, 4.69) is 10.3 Å². The minimum Gasteiger partial charge on any atom is -0.492 e. The van der Waals surface area contributed by atoms with Gasteiger partial charge in [0.2, 0.25) is 0 Å². The van der Waals surface area contributed by atoms with Gasteiger partial charge in [-0.15, -0.1) is 0 Å². The summed E-state index contributed by atoms with van der Waals surface area (Å²) < 4.78 is 5.73. The molecule has 4 heteroatoms. The quantitative estimate of drug-likeness (QED) is 0.710. The van der Waals surface area contributed by atoms with Crippen LogP contribution in [0.2, 0.25) is 5.02 Å². The second-order valence-corrected chi connectivity index (χ2v) is 5.08. The Morgan fingerprint density at radius 1 is 1.05 bits per heavy atom. The normalized spacial score (nSPS) is 10.5. The van der Waals surface area contributed by atoms with Gasteiger partial charge in [0.1, 0.15) is 12.4 Å². The van der Waals surface area contributed by atoms with E-state index < -0.39 is 0 Å². The van der Waals surface area contributed by atoms with E-state index >= 15 is 0 Å². The van der Waals surface area contributed by atoms with Crippen molar-refractivity contribution in [2.75, 3.05) is 18.5 Å². The van der Waals surface area contributed by atoms with E-state index in [1.54, 1.807) is 6.20 Å². The van der Waals surface area contributed by atoms with Crippen molar-refractivity contribution in [3.8, 4) is 5.75 Å². The first-order valence-electron chi connectivity index (χ1n) is 6.78. The van der Waals surface area contributed by atoms with Gasteiger partial charge >= 0.3 is 0 Å². The number of ether oxygens (including phenoxy) is 1. The fraction of sp³-hybridized carbons (Fsp3) is 0.118. The van der Waals surface area contributed by atoms with E-state index in [1.807, 2.05) is 54.6 Å². The molecule has 1 N–H and O–H groups in total. The molecule has 106 valence electrons. The summed E-state index contributed by atoms with van der Waals surface area (Å²) in [5, 5.41) is 5.10. The van der Waals surface area contributed by atoms with Crippen molar-refractivity contribution in [1.82, 2.24) is 4.98 Å². The maximum atomic E-state index is 5.93. The maximum Gasteiger partial charge on any atom is 0.121 e. The molecule has 0 aliphatic carbocycles. The molecule has 3 nitrogen and oxygen atoms in total. The minimum atomic E-state index is 0.574. The first-order valence-corrected chi connectivity index (χ1v) is 7.16. The Kier molecular flexibility index (Phi) is 4.22. The minimum absolute atomic E-state index is 0.574. The fourth-order valence-corrected chi connectivity index (χ4v) is 2.29. The molecular weight excluding hydrogens is 284 g/mol. The smallest absolute Gasteiger partial charge is 0.121 e. The summed E-state index contributed by atoms with van der Waals surface area (Å²) in [6.07, 6.45) is 1.78. The molecule has 0 unspecified atom stereocenters. The van der Waals surface area contributed by atoms with Crippen LogP contribution in [0.4, 0.5) is 5.69 Å². The molecule has 0 atom stereocenters. The van der Waals surface area contributed by atoms with Crippen molar-refractivity contribution in [2.24, 2.45) is 0 Å². The average molecular weight is 299 g/mol. The third-order valence-corrected chi connectivity index (χ3v) is 3.34. The molecule has 0 amide bonds. The van der Waals surface area contributed by atoms with Gasteiger partial charge in [-0.1, -0.05) is 23.7 Å². The average Bonchev–Trinajstić information content (AvgIpc) is 2.51. The number of halogens is 1. The second kappa shape index (κ2) is 6.46. The Labute approximate surface area is 128 Å². The highest BCUT2D eigenvalue weighted by Gasteiger charge is 1.98. The van der Waals surface area contributed by atoms with Crippen LogP contribution in [0.25, 0.3) is 10.9 Å². The summed E-state index contributed by atoms with van der Waals surface area (Å²) >= 11 is 5.93. The van der Waals surface area contributed by atoms with Gasteiger partial charge in [0, 0.05) is 34.9 Å².